The molecule has 0 unspecified atom stereocenters. The molecule has 4 atom stereocenters. The molecule has 0 amide bonds. The van der Waals surface area contributed by atoms with Gasteiger partial charge >= 0.3 is 0 Å². The first kappa shape index (κ1) is 11.3. The van der Waals surface area contributed by atoms with Crippen molar-refractivity contribution in [3.63, 3.8) is 0 Å². The van der Waals surface area contributed by atoms with E-state index in [1.54, 1.807) is 0 Å². The number of hydrogen-bond donors (Lipinski definition) is 0. The lowest BCUT2D eigenvalue weighted by Gasteiger charge is -2.14. The van der Waals surface area contributed by atoms with Gasteiger partial charge in [0.25, 0.3) is 0 Å². The van der Waals surface area contributed by atoms with Crippen molar-refractivity contribution < 1.29 is 27.4 Å². The number of sulfone groups is 1. The highest BCUT2D eigenvalue weighted by molar-refractivity contribution is 7.90. The van der Waals surface area contributed by atoms with E-state index < -0.39 is 22.2 Å². The Morgan fingerprint density at radius 2 is 2.00 bits per heavy atom. The van der Waals surface area contributed by atoms with Gasteiger partial charge in [0.1, 0.15) is 34.9 Å². The maximum atomic E-state index is 11.2. The summed E-state index contributed by atoms with van der Waals surface area (Å²) in [5.74, 6) is -0.0720. The molecule has 0 aromatic rings. The summed E-state index contributed by atoms with van der Waals surface area (Å²) in [6.07, 6.45) is -0.533. The molecule has 15 heavy (non-hydrogen) atoms. The highest BCUT2D eigenvalue weighted by atomic mass is 32.2. The summed E-state index contributed by atoms with van der Waals surface area (Å²) in [4.78, 5) is 0. The highest BCUT2D eigenvalue weighted by Crippen LogP contribution is 2.31. The molecular formula is C8H14O6S. The van der Waals surface area contributed by atoms with E-state index in [0.717, 1.165) is 0 Å². The smallest absolute Gasteiger partial charge is 0.186 e. The summed E-state index contributed by atoms with van der Waals surface area (Å²) in [6, 6.07) is 0. The summed E-state index contributed by atoms with van der Waals surface area (Å²) in [6.45, 7) is 0.165. The van der Waals surface area contributed by atoms with Gasteiger partial charge in [-0.05, 0) is 0 Å². The molecule has 0 saturated carbocycles. The molecule has 2 saturated heterocycles. The van der Waals surface area contributed by atoms with Gasteiger partial charge in [0.05, 0.1) is 5.75 Å². The third-order valence-corrected chi connectivity index (χ3v) is 3.42. The first-order chi connectivity index (χ1) is 7.01. The monoisotopic (exact) mass is 238 g/mol. The fraction of sp³-hybridized carbons (Fsp3) is 1.00. The zero-order chi connectivity index (χ0) is 11.1. The first-order valence-corrected chi connectivity index (χ1v) is 6.66. The minimum absolute atomic E-state index is 0.0720. The zero-order valence-corrected chi connectivity index (χ0v) is 9.40. The Morgan fingerprint density at radius 3 is 2.60 bits per heavy atom. The Hall–Kier alpha value is -0.210. The minimum Gasteiger partial charge on any atom is -0.353 e. The second-order valence-corrected chi connectivity index (χ2v) is 5.94. The fourth-order valence-corrected chi connectivity index (χ4v) is 2.75. The van der Waals surface area contributed by atoms with Crippen molar-refractivity contribution in [1.82, 2.24) is 0 Å². The van der Waals surface area contributed by atoms with Gasteiger partial charge in [-0.3, -0.25) is 0 Å². The zero-order valence-electron chi connectivity index (χ0n) is 8.58. The number of fused-ring (bicyclic) bond motifs is 1. The van der Waals surface area contributed by atoms with Gasteiger partial charge in [0.15, 0.2) is 6.29 Å². The molecule has 0 aromatic carbocycles. The predicted octanol–water partition coefficient (Wildman–Crippen LogP) is -0.856. The van der Waals surface area contributed by atoms with Crippen LogP contribution in [0.2, 0.25) is 0 Å². The van der Waals surface area contributed by atoms with E-state index in [-0.39, 0.29) is 24.8 Å². The van der Waals surface area contributed by atoms with Crippen LogP contribution in [0.25, 0.3) is 0 Å². The lowest BCUT2D eigenvalue weighted by Crippen LogP contribution is -2.33. The first-order valence-electron chi connectivity index (χ1n) is 4.60. The van der Waals surface area contributed by atoms with Crippen molar-refractivity contribution in [2.75, 3.05) is 25.9 Å². The normalized spacial score (nSPS) is 40.7. The van der Waals surface area contributed by atoms with Crippen LogP contribution in [-0.4, -0.2) is 58.9 Å². The van der Waals surface area contributed by atoms with E-state index >= 15 is 0 Å². The van der Waals surface area contributed by atoms with Crippen LogP contribution in [0, 0.1) is 0 Å². The molecule has 2 rings (SSSR count). The highest BCUT2D eigenvalue weighted by Gasteiger charge is 2.50. The summed E-state index contributed by atoms with van der Waals surface area (Å²) in [7, 11) is -1.60. The third kappa shape index (κ3) is 2.31. The lowest BCUT2D eigenvalue weighted by atomic mass is 10.2. The maximum Gasteiger partial charge on any atom is 0.186 e. The third-order valence-electron chi connectivity index (χ3n) is 2.49. The molecule has 6 nitrogen and oxygen atoms in total. The SMILES string of the molecule is CO[C@@H]1O[C@H](CS(C)(=O)=O)[C@H]2OCO[C@@H]12. The Bertz CT molecular complexity index is 326. The quantitative estimate of drug-likeness (QED) is 0.637. The predicted molar refractivity (Wildman–Crippen MR) is 50.0 cm³/mol. The van der Waals surface area contributed by atoms with Crippen LogP contribution in [0.1, 0.15) is 0 Å². The molecule has 2 heterocycles. The molecule has 88 valence electrons. The number of methoxy groups -OCH3 is 1. The van der Waals surface area contributed by atoms with Gasteiger partial charge < -0.3 is 18.9 Å². The van der Waals surface area contributed by atoms with E-state index in [1.165, 1.54) is 13.4 Å². The maximum absolute atomic E-state index is 11.2. The molecule has 2 fully saturated rings. The van der Waals surface area contributed by atoms with Crippen LogP contribution in [-0.2, 0) is 28.8 Å². The molecular weight excluding hydrogens is 224 g/mol. The molecule has 0 aliphatic carbocycles. The largest absolute Gasteiger partial charge is 0.353 e. The Labute approximate surface area is 88.4 Å². The van der Waals surface area contributed by atoms with Crippen molar-refractivity contribution >= 4 is 9.84 Å². The van der Waals surface area contributed by atoms with Crippen molar-refractivity contribution in [2.24, 2.45) is 0 Å². The summed E-state index contributed by atoms with van der Waals surface area (Å²) < 4.78 is 43.3. The number of ether oxygens (including phenoxy) is 4. The van der Waals surface area contributed by atoms with Crippen LogP contribution in [0.3, 0.4) is 0 Å². The average Bonchev–Trinajstić information content (AvgIpc) is 2.66. The summed E-state index contributed by atoms with van der Waals surface area (Å²) in [5.41, 5.74) is 0. The molecule has 0 radical (unpaired) electrons. The van der Waals surface area contributed by atoms with E-state index in [4.69, 9.17) is 18.9 Å². The van der Waals surface area contributed by atoms with Crippen molar-refractivity contribution in [2.45, 2.75) is 24.6 Å². The van der Waals surface area contributed by atoms with Gasteiger partial charge in [-0.25, -0.2) is 8.42 Å². The van der Waals surface area contributed by atoms with E-state index in [1.807, 2.05) is 0 Å². The van der Waals surface area contributed by atoms with Crippen molar-refractivity contribution in [3.8, 4) is 0 Å². The number of rotatable bonds is 3. The van der Waals surface area contributed by atoms with Gasteiger partial charge in [0, 0.05) is 13.4 Å². The van der Waals surface area contributed by atoms with Crippen molar-refractivity contribution in [3.05, 3.63) is 0 Å². The van der Waals surface area contributed by atoms with Gasteiger partial charge in [0.2, 0.25) is 0 Å². The van der Waals surface area contributed by atoms with Gasteiger partial charge in [-0.2, -0.15) is 0 Å². The van der Waals surface area contributed by atoms with E-state index in [0.29, 0.717) is 0 Å². The molecule has 0 N–H and O–H groups in total. The minimum atomic E-state index is -3.09. The van der Waals surface area contributed by atoms with E-state index in [2.05, 4.69) is 0 Å². The second-order valence-electron chi connectivity index (χ2n) is 3.75. The average molecular weight is 238 g/mol. The Balaban J connectivity index is 2.08. The van der Waals surface area contributed by atoms with Crippen LogP contribution in [0.15, 0.2) is 0 Å². The van der Waals surface area contributed by atoms with Crippen LogP contribution in [0.5, 0.6) is 0 Å². The molecule has 0 aromatic heterocycles. The second kappa shape index (κ2) is 3.99. The van der Waals surface area contributed by atoms with Gasteiger partial charge in [-0.15, -0.1) is 0 Å². The van der Waals surface area contributed by atoms with E-state index in [9.17, 15) is 8.42 Å². The van der Waals surface area contributed by atoms with Crippen molar-refractivity contribution in [1.29, 1.82) is 0 Å². The molecule has 2 aliphatic heterocycles. The number of hydrogen-bond acceptors (Lipinski definition) is 6. The Kier molecular flexibility index (Phi) is 3.00. The lowest BCUT2D eigenvalue weighted by molar-refractivity contribution is -0.168. The van der Waals surface area contributed by atoms with Crippen LogP contribution in [0.4, 0.5) is 0 Å². The topological polar surface area (TPSA) is 71.1 Å². The molecule has 0 spiro atoms. The van der Waals surface area contributed by atoms with Crippen LogP contribution < -0.4 is 0 Å². The summed E-state index contributed by atoms with van der Waals surface area (Å²) >= 11 is 0. The standard InChI is InChI=1S/C8H14O6S/c1-11-8-7-6(12-4-13-7)5(14-8)3-15(2,9)10/h5-8H,3-4H2,1-2H3/t5-,6-,7-,8-/m1/s1. The molecule has 2 aliphatic rings. The fourth-order valence-electron chi connectivity index (χ4n) is 1.89. The molecule has 0 bridgehead atoms. The van der Waals surface area contributed by atoms with Crippen LogP contribution >= 0.6 is 0 Å². The van der Waals surface area contributed by atoms with Gasteiger partial charge in [-0.1, -0.05) is 0 Å². The Morgan fingerprint density at radius 1 is 1.33 bits per heavy atom. The molecule has 7 heteroatoms. The summed E-state index contributed by atoms with van der Waals surface area (Å²) in [5, 5.41) is 0.